The van der Waals surface area contributed by atoms with E-state index in [0.29, 0.717) is 32.6 Å². The molecule has 1 aliphatic heterocycles. The zero-order valence-electron chi connectivity index (χ0n) is 18.0. The highest BCUT2D eigenvalue weighted by molar-refractivity contribution is 6.03. The Balaban J connectivity index is 1.86. The van der Waals surface area contributed by atoms with Crippen molar-refractivity contribution in [2.24, 2.45) is 5.92 Å². The summed E-state index contributed by atoms with van der Waals surface area (Å²) in [6.45, 7) is 8.46. The maximum Gasteiger partial charge on any atom is 0.230 e. The molecule has 0 spiro atoms. The number of carbonyl (C=O) groups is 2. The van der Waals surface area contributed by atoms with E-state index in [1.165, 1.54) is 11.1 Å². The molecular weight excluding hydrogens is 374 g/mol. The van der Waals surface area contributed by atoms with E-state index in [2.05, 4.69) is 23.0 Å². The van der Waals surface area contributed by atoms with Gasteiger partial charge in [0.2, 0.25) is 11.8 Å². The van der Waals surface area contributed by atoms with Gasteiger partial charge in [-0.2, -0.15) is 0 Å². The molecule has 156 valence electrons. The second-order valence-electron chi connectivity index (χ2n) is 8.06. The molecule has 1 amide bonds. The number of hydrogen-bond acceptors (Lipinski definition) is 3. The number of rotatable bonds is 5. The second-order valence-corrected chi connectivity index (χ2v) is 8.06. The minimum absolute atomic E-state index is 0.0947. The highest BCUT2D eigenvalue weighted by Gasteiger charge is 2.38. The fourth-order valence-corrected chi connectivity index (χ4v) is 5.03. The maximum absolute atomic E-state index is 13.2. The van der Waals surface area contributed by atoms with Crippen LogP contribution in [0.3, 0.4) is 0 Å². The largest absolute Gasteiger partial charge is 0.343 e. The van der Waals surface area contributed by atoms with Crippen molar-refractivity contribution in [3.63, 3.8) is 0 Å². The van der Waals surface area contributed by atoms with Gasteiger partial charge in [0.25, 0.3) is 0 Å². The van der Waals surface area contributed by atoms with Gasteiger partial charge in [0.1, 0.15) is 0 Å². The van der Waals surface area contributed by atoms with Crippen LogP contribution in [-0.4, -0.2) is 58.4 Å². The lowest BCUT2D eigenvalue weighted by molar-refractivity contribution is -0.134. The van der Waals surface area contributed by atoms with Crippen LogP contribution in [0, 0.1) is 18.3 Å². The number of carbonyl (C=O) groups excluding carboxylic acids is 2. The van der Waals surface area contributed by atoms with Crippen molar-refractivity contribution < 1.29 is 9.59 Å². The molecule has 0 unspecified atom stereocenters. The Morgan fingerprint density at radius 3 is 2.67 bits per heavy atom. The van der Waals surface area contributed by atoms with E-state index < -0.39 is 0 Å². The van der Waals surface area contributed by atoms with E-state index in [1.807, 2.05) is 44.0 Å². The fraction of sp³-hybridized carbons (Fsp3) is 0.440. The molecule has 4 rings (SSSR count). The molecule has 1 aliphatic carbocycles. The van der Waals surface area contributed by atoms with Gasteiger partial charge in [-0.1, -0.05) is 31.1 Å². The molecule has 0 N–H and O–H groups in total. The molecule has 5 heteroatoms. The van der Waals surface area contributed by atoms with E-state index in [-0.39, 0.29) is 23.8 Å². The summed E-state index contributed by atoms with van der Waals surface area (Å²) in [7, 11) is 0. The first-order chi connectivity index (χ1) is 14.5. The van der Waals surface area contributed by atoms with Gasteiger partial charge in [-0.25, -0.2) is 0 Å². The number of benzene rings is 1. The van der Waals surface area contributed by atoms with Crippen LogP contribution in [-0.2, 0) is 11.2 Å². The van der Waals surface area contributed by atoms with Crippen LogP contribution < -0.4 is 0 Å². The van der Waals surface area contributed by atoms with E-state index in [0.717, 1.165) is 22.9 Å². The van der Waals surface area contributed by atoms with E-state index in [1.54, 1.807) is 4.57 Å². The molecule has 2 heterocycles. The van der Waals surface area contributed by atoms with Gasteiger partial charge in [0.15, 0.2) is 0 Å². The number of aromatic nitrogens is 1. The third kappa shape index (κ3) is 3.16. The van der Waals surface area contributed by atoms with Crippen molar-refractivity contribution in [2.45, 2.75) is 39.7 Å². The van der Waals surface area contributed by atoms with Crippen LogP contribution in [0.25, 0.3) is 16.5 Å². The minimum Gasteiger partial charge on any atom is -0.343 e. The number of terminal acetylenes is 1. The zero-order valence-corrected chi connectivity index (χ0v) is 18.0. The first-order valence-electron chi connectivity index (χ1n) is 10.9. The molecule has 0 radical (unpaired) electrons. The highest BCUT2D eigenvalue weighted by atomic mass is 16.2. The lowest BCUT2D eigenvalue weighted by Gasteiger charge is -2.41. The Morgan fingerprint density at radius 2 is 2.00 bits per heavy atom. The zero-order chi connectivity index (χ0) is 21.4. The third-order valence-corrected chi connectivity index (χ3v) is 6.50. The van der Waals surface area contributed by atoms with Crippen LogP contribution in [0.5, 0.6) is 0 Å². The first-order valence-corrected chi connectivity index (χ1v) is 10.9. The quantitative estimate of drug-likeness (QED) is 0.719. The van der Waals surface area contributed by atoms with E-state index in [9.17, 15) is 9.59 Å². The van der Waals surface area contributed by atoms with Crippen LogP contribution in [0.4, 0.5) is 0 Å². The summed E-state index contributed by atoms with van der Waals surface area (Å²) in [5.41, 5.74) is 4.43. The number of nitrogens with zero attached hydrogens (tertiary/aromatic N) is 3. The molecular formula is C25H29N3O2. The molecule has 0 saturated carbocycles. The molecule has 0 fully saturated rings. The molecule has 1 aromatic carbocycles. The summed E-state index contributed by atoms with van der Waals surface area (Å²) >= 11 is 0. The smallest absolute Gasteiger partial charge is 0.230 e. The topological polar surface area (TPSA) is 45.6 Å². The fourth-order valence-electron chi connectivity index (χ4n) is 5.03. The number of fused-ring (bicyclic) bond motifs is 2. The molecule has 2 atom stereocenters. The SMILES string of the molecule is C#CCN1C[C@H](C(=O)N(CC)CC)C=C2c3cccc4c3c(cn4C(=O)CC)C[C@H]21. The van der Waals surface area contributed by atoms with Crippen molar-refractivity contribution in [1.82, 2.24) is 14.4 Å². The molecule has 1 aromatic heterocycles. The Hall–Kier alpha value is -2.84. The minimum atomic E-state index is -0.208. The van der Waals surface area contributed by atoms with Crippen molar-refractivity contribution in [3.05, 3.63) is 41.6 Å². The van der Waals surface area contributed by atoms with E-state index >= 15 is 0 Å². The van der Waals surface area contributed by atoms with Crippen LogP contribution in [0.2, 0.25) is 0 Å². The average Bonchev–Trinajstić information content (AvgIpc) is 3.14. The van der Waals surface area contributed by atoms with Crippen LogP contribution >= 0.6 is 0 Å². The first kappa shape index (κ1) is 20.4. The molecule has 5 nitrogen and oxygen atoms in total. The summed E-state index contributed by atoms with van der Waals surface area (Å²) in [5, 5.41) is 1.14. The molecule has 2 aromatic rings. The van der Waals surface area contributed by atoms with Gasteiger partial charge in [-0.15, -0.1) is 6.42 Å². The normalized spacial score (nSPS) is 20.4. The van der Waals surface area contributed by atoms with Gasteiger partial charge in [0, 0.05) is 43.7 Å². The van der Waals surface area contributed by atoms with Crippen molar-refractivity contribution in [2.75, 3.05) is 26.2 Å². The maximum atomic E-state index is 13.2. The van der Waals surface area contributed by atoms with Crippen molar-refractivity contribution in [3.8, 4) is 12.3 Å². The summed E-state index contributed by atoms with van der Waals surface area (Å²) in [6.07, 6.45) is 11.1. The predicted molar refractivity (Wildman–Crippen MR) is 120 cm³/mol. The Kier molecular flexibility index (Phi) is 5.53. The van der Waals surface area contributed by atoms with Crippen molar-refractivity contribution in [1.29, 1.82) is 0 Å². The summed E-state index contributed by atoms with van der Waals surface area (Å²) < 4.78 is 1.79. The van der Waals surface area contributed by atoms with Crippen LogP contribution in [0.15, 0.2) is 30.5 Å². The molecule has 0 bridgehead atoms. The Morgan fingerprint density at radius 1 is 1.23 bits per heavy atom. The molecule has 0 saturated heterocycles. The third-order valence-electron chi connectivity index (χ3n) is 6.50. The van der Waals surface area contributed by atoms with Gasteiger partial charge in [0.05, 0.1) is 18.0 Å². The average molecular weight is 404 g/mol. The lowest BCUT2D eigenvalue weighted by Crippen LogP contribution is -2.49. The van der Waals surface area contributed by atoms with E-state index in [4.69, 9.17) is 6.42 Å². The summed E-state index contributed by atoms with van der Waals surface area (Å²) in [5.74, 6) is 2.83. The Bertz CT molecular complexity index is 1070. The number of hydrogen-bond donors (Lipinski definition) is 0. The number of amides is 1. The van der Waals surface area contributed by atoms with Crippen LogP contribution in [0.1, 0.15) is 43.1 Å². The van der Waals surface area contributed by atoms with Gasteiger partial charge in [-0.3, -0.25) is 19.1 Å². The van der Waals surface area contributed by atoms with Gasteiger partial charge < -0.3 is 4.90 Å². The second kappa shape index (κ2) is 8.12. The lowest BCUT2D eigenvalue weighted by atomic mass is 9.79. The molecule has 2 aliphatic rings. The van der Waals surface area contributed by atoms with Gasteiger partial charge in [-0.05, 0) is 43.0 Å². The summed E-state index contributed by atoms with van der Waals surface area (Å²) in [6, 6.07) is 6.26. The predicted octanol–water partition coefficient (Wildman–Crippen LogP) is 3.43. The molecule has 30 heavy (non-hydrogen) atoms. The standard InChI is InChI=1S/C25H29N3O2/c1-5-12-27-15-18(25(30)26(7-3)8-4)13-20-19-10-9-11-21-24(19)17(14-22(20)27)16-28(21)23(29)6-2/h1,9-11,13,16,18,22H,6-8,12,14-15H2,2-4H3/t18-,22-/m1/s1. The van der Waals surface area contributed by atoms with Crippen molar-refractivity contribution >= 4 is 28.3 Å². The summed E-state index contributed by atoms with van der Waals surface area (Å²) in [4.78, 5) is 29.8. The Labute approximate surface area is 178 Å². The monoisotopic (exact) mass is 403 g/mol. The van der Waals surface area contributed by atoms with Gasteiger partial charge >= 0.3 is 0 Å². The highest BCUT2D eigenvalue weighted by Crippen LogP contribution is 2.42.